The molecule has 5 heteroatoms. The van der Waals surface area contributed by atoms with E-state index in [2.05, 4.69) is 5.32 Å². The Labute approximate surface area is 110 Å². The number of hydrogen-bond donors (Lipinski definition) is 2. The van der Waals surface area contributed by atoms with Gasteiger partial charge in [0.1, 0.15) is 0 Å². The van der Waals surface area contributed by atoms with Crippen LogP contribution < -0.4 is 5.32 Å². The van der Waals surface area contributed by atoms with Crippen LogP contribution in [0.4, 0.5) is 5.69 Å². The molecular weight excluding hydrogens is 254 g/mol. The minimum Gasteiger partial charge on any atom is -0.478 e. The minimum absolute atomic E-state index is 0.00971. The van der Waals surface area contributed by atoms with Gasteiger partial charge in [0.2, 0.25) is 0 Å². The van der Waals surface area contributed by atoms with Crippen LogP contribution in [0.25, 0.3) is 0 Å². The summed E-state index contributed by atoms with van der Waals surface area (Å²) in [5.74, 6) is -1.32. The van der Waals surface area contributed by atoms with Gasteiger partial charge >= 0.3 is 5.97 Å². The number of carbonyl (C=O) groups excluding carboxylic acids is 1. The Hall–Kier alpha value is -1.81. The number of carboxylic acid groups (broad SMARTS) is 1. The number of aromatic carboxylic acids is 1. The molecule has 18 heavy (non-hydrogen) atoms. The minimum atomic E-state index is -1.10. The van der Waals surface area contributed by atoms with Crippen LogP contribution in [0, 0.1) is 0 Å². The summed E-state index contributed by atoms with van der Waals surface area (Å²) < 4.78 is 0. The van der Waals surface area contributed by atoms with Crippen LogP contribution in [0.2, 0.25) is 5.02 Å². The van der Waals surface area contributed by atoms with E-state index in [-0.39, 0.29) is 16.5 Å². The van der Waals surface area contributed by atoms with E-state index in [4.69, 9.17) is 16.7 Å². The van der Waals surface area contributed by atoms with Crippen molar-refractivity contribution in [3.8, 4) is 0 Å². The SMILES string of the molecule is CC/C=C(/C)C(=O)Nc1ccc(C(=O)O)c(Cl)c1. The van der Waals surface area contributed by atoms with Crippen LogP contribution >= 0.6 is 11.6 Å². The van der Waals surface area contributed by atoms with Crippen LogP contribution in [0.15, 0.2) is 29.8 Å². The van der Waals surface area contributed by atoms with E-state index in [1.54, 1.807) is 6.92 Å². The van der Waals surface area contributed by atoms with Gasteiger partial charge in [-0.05, 0) is 31.5 Å². The molecule has 0 spiro atoms. The summed E-state index contributed by atoms with van der Waals surface area (Å²) in [6.07, 6.45) is 2.58. The molecule has 0 unspecified atom stereocenters. The Kier molecular flexibility index (Phi) is 4.92. The predicted octanol–water partition coefficient (Wildman–Crippen LogP) is 3.33. The highest BCUT2D eigenvalue weighted by atomic mass is 35.5. The third kappa shape index (κ3) is 3.60. The van der Waals surface area contributed by atoms with Gasteiger partial charge in [-0.2, -0.15) is 0 Å². The van der Waals surface area contributed by atoms with E-state index in [9.17, 15) is 9.59 Å². The number of benzene rings is 1. The zero-order valence-electron chi connectivity index (χ0n) is 10.2. The van der Waals surface area contributed by atoms with Gasteiger partial charge < -0.3 is 10.4 Å². The number of nitrogens with one attached hydrogen (secondary N) is 1. The molecule has 96 valence electrons. The fourth-order valence-electron chi connectivity index (χ4n) is 1.39. The molecule has 1 aromatic rings. The number of amides is 1. The van der Waals surface area contributed by atoms with Gasteiger partial charge in [-0.1, -0.05) is 24.6 Å². The Morgan fingerprint density at radius 3 is 2.61 bits per heavy atom. The van der Waals surface area contributed by atoms with E-state index in [0.29, 0.717) is 11.3 Å². The highest BCUT2D eigenvalue weighted by molar-refractivity contribution is 6.33. The Morgan fingerprint density at radius 1 is 1.44 bits per heavy atom. The van der Waals surface area contributed by atoms with Gasteiger partial charge in [0, 0.05) is 11.3 Å². The van der Waals surface area contributed by atoms with E-state index in [0.717, 1.165) is 6.42 Å². The molecule has 0 aliphatic heterocycles. The highest BCUT2D eigenvalue weighted by Gasteiger charge is 2.10. The topological polar surface area (TPSA) is 66.4 Å². The lowest BCUT2D eigenvalue weighted by molar-refractivity contribution is -0.112. The van der Waals surface area contributed by atoms with Crippen LogP contribution in [-0.2, 0) is 4.79 Å². The van der Waals surface area contributed by atoms with Crippen molar-refractivity contribution in [1.29, 1.82) is 0 Å². The molecule has 1 rings (SSSR count). The average Bonchev–Trinajstić information content (AvgIpc) is 2.28. The number of hydrogen-bond acceptors (Lipinski definition) is 2. The van der Waals surface area contributed by atoms with E-state index in [1.165, 1.54) is 18.2 Å². The molecule has 0 aromatic heterocycles. The second-order valence-corrected chi connectivity index (χ2v) is 4.16. The summed E-state index contributed by atoms with van der Waals surface area (Å²) >= 11 is 5.80. The maximum absolute atomic E-state index is 11.7. The second-order valence-electron chi connectivity index (χ2n) is 3.75. The largest absolute Gasteiger partial charge is 0.478 e. The number of carbonyl (C=O) groups is 2. The van der Waals surface area contributed by atoms with Crippen molar-refractivity contribution in [2.24, 2.45) is 0 Å². The summed E-state index contributed by atoms with van der Waals surface area (Å²) in [5.41, 5.74) is 1.09. The first-order chi connectivity index (χ1) is 8.45. The van der Waals surface area contributed by atoms with Crippen molar-refractivity contribution in [1.82, 2.24) is 0 Å². The van der Waals surface area contributed by atoms with Gasteiger partial charge in [0.15, 0.2) is 0 Å². The van der Waals surface area contributed by atoms with Crippen molar-refractivity contribution in [3.05, 3.63) is 40.4 Å². The zero-order chi connectivity index (χ0) is 13.7. The Morgan fingerprint density at radius 2 is 2.11 bits per heavy atom. The third-order valence-electron chi connectivity index (χ3n) is 2.33. The molecule has 0 aliphatic rings. The van der Waals surface area contributed by atoms with Crippen LogP contribution in [-0.4, -0.2) is 17.0 Å². The molecule has 2 N–H and O–H groups in total. The maximum Gasteiger partial charge on any atom is 0.337 e. The first-order valence-electron chi connectivity index (χ1n) is 5.46. The third-order valence-corrected chi connectivity index (χ3v) is 2.64. The second kappa shape index (κ2) is 6.21. The Bertz CT molecular complexity index is 509. The Balaban J connectivity index is 2.87. The van der Waals surface area contributed by atoms with Gasteiger partial charge in [0.05, 0.1) is 10.6 Å². The van der Waals surface area contributed by atoms with Crippen molar-refractivity contribution in [2.45, 2.75) is 20.3 Å². The van der Waals surface area contributed by atoms with Crippen LogP contribution in [0.5, 0.6) is 0 Å². The van der Waals surface area contributed by atoms with Crippen LogP contribution in [0.3, 0.4) is 0 Å². The number of anilines is 1. The lowest BCUT2D eigenvalue weighted by atomic mass is 10.2. The molecule has 0 atom stereocenters. The van der Waals surface area contributed by atoms with Crippen molar-refractivity contribution in [2.75, 3.05) is 5.32 Å². The maximum atomic E-state index is 11.7. The molecule has 0 saturated carbocycles. The highest BCUT2D eigenvalue weighted by Crippen LogP contribution is 2.21. The summed E-state index contributed by atoms with van der Waals surface area (Å²) in [4.78, 5) is 22.5. The number of allylic oxidation sites excluding steroid dienone is 1. The summed E-state index contributed by atoms with van der Waals surface area (Å²) in [5, 5.41) is 11.6. The van der Waals surface area contributed by atoms with Crippen molar-refractivity contribution >= 4 is 29.2 Å². The fourth-order valence-corrected chi connectivity index (χ4v) is 1.66. The van der Waals surface area contributed by atoms with Gasteiger partial charge in [-0.25, -0.2) is 4.79 Å². The lowest BCUT2D eigenvalue weighted by Gasteiger charge is -2.07. The molecular formula is C13H14ClNO3. The molecule has 1 aromatic carbocycles. The monoisotopic (exact) mass is 267 g/mol. The summed E-state index contributed by atoms with van der Waals surface area (Å²) in [6.45, 7) is 3.65. The lowest BCUT2D eigenvalue weighted by Crippen LogP contribution is -2.12. The summed E-state index contributed by atoms with van der Waals surface area (Å²) in [6, 6.07) is 4.29. The molecule has 0 bridgehead atoms. The molecule has 0 radical (unpaired) electrons. The quantitative estimate of drug-likeness (QED) is 0.822. The molecule has 1 amide bonds. The molecule has 0 aliphatic carbocycles. The summed E-state index contributed by atoms with van der Waals surface area (Å²) in [7, 11) is 0. The van der Waals surface area contributed by atoms with E-state index in [1.807, 2.05) is 13.0 Å². The van der Waals surface area contributed by atoms with Gasteiger partial charge in [-0.3, -0.25) is 4.79 Å². The van der Waals surface area contributed by atoms with Crippen molar-refractivity contribution in [3.63, 3.8) is 0 Å². The number of rotatable bonds is 4. The molecule has 0 heterocycles. The van der Waals surface area contributed by atoms with Gasteiger partial charge in [-0.15, -0.1) is 0 Å². The van der Waals surface area contributed by atoms with E-state index >= 15 is 0 Å². The first kappa shape index (κ1) is 14.3. The molecule has 0 saturated heterocycles. The van der Waals surface area contributed by atoms with Crippen LogP contribution in [0.1, 0.15) is 30.6 Å². The smallest absolute Gasteiger partial charge is 0.337 e. The van der Waals surface area contributed by atoms with Gasteiger partial charge in [0.25, 0.3) is 5.91 Å². The molecule has 0 fully saturated rings. The van der Waals surface area contributed by atoms with Crippen molar-refractivity contribution < 1.29 is 14.7 Å². The van der Waals surface area contributed by atoms with E-state index < -0.39 is 5.97 Å². The standard InChI is InChI=1S/C13H14ClNO3/c1-3-4-8(2)12(16)15-9-5-6-10(13(17)18)11(14)7-9/h4-7H,3H2,1-2H3,(H,15,16)(H,17,18)/b8-4-. The zero-order valence-corrected chi connectivity index (χ0v) is 10.9. The number of halogens is 1. The fraction of sp³-hybridized carbons (Fsp3) is 0.231. The molecule has 4 nitrogen and oxygen atoms in total. The predicted molar refractivity (Wildman–Crippen MR) is 71.1 cm³/mol. The normalized spacial score (nSPS) is 11.2. The number of carboxylic acids is 1. The average molecular weight is 268 g/mol. The first-order valence-corrected chi connectivity index (χ1v) is 5.84.